The minimum absolute atomic E-state index is 0.181. The molecule has 0 aliphatic carbocycles. The number of nitrogens with one attached hydrogen (secondary N) is 3. The van der Waals surface area contributed by atoms with Crippen LogP contribution < -0.4 is 16.0 Å². The van der Waals surface area contributed by atoms with Crippen LogP contribution in [0.2, 0.25) is 0 Å². The molecule has 2 aromatic rings. The van der Waals surface area contributed by atoms with Gasteiger partial charge >= 0.3 is 12.0 Å². The molecule has 30 heavy (non-hydrogen) atoms. The molecule has 2 aromatic carbocycles. The number of piperidine rings is 1. The van der Waals surface area contributed by atoms with Crippen LogP contribution in [0.15, 0.2) is 48.5 Å². The molecule has 160 valence electrons. The van der Waals surface area contributed by atoms with Crippen molar-refractivity contribution in [2.45, 2.75) is 32.2 Å². The summed E-state index contributed by atoms with van der Waals surface area (Å²) in [7, 11) is 0. The lowest BCUT2D eigenvalue weighted by molar-refractivity contribution is 0.0526. The lowest BCUT2D eigenvalue weighted by Crippen LogP contribution is -2.47. The van der Waals surface area contributed by atoms with Crippen molar-refractivity contribution < 1.29 is 18.7 Å². The molecule has 0 bridgehead atoms. The van der Waals surface area contributed by atoms with Gasteiger partial charge in [0.15, 0.2) is 0 Å². The van der Waals surface area contributed by atoms with E-state index < -0.39 is 5.97 Å². The van der Waals surface area contributed by atoms with E-state index in [0.29, 0.717) is 30.3 Å². The summed E-state index contributed by atoms with van der Waals surface area (Å²) in [5.41, 5.74) is 2.06. The van der Waals surface area contributed by atoms with Gasteiger partial charge in [-0.25, -0.2) is 14.0 Å². The van der Waals surface area contributed by atoms with Crippen molar-refractivity contribution in [1.29, 1.82) is 0 Å². The number of amides is 2. The summed E-state index contributed by atoms with van der Waals surface area (Å²) in [6.45, 7) is 3.44. The van der Waals surface area contributed by atoms with Gasteiger partial charge in [-0.2, -0.15) is 0 Å². The highest BCUT2D eigenvalue weighted by Crippen LogP contribution is 2.21. The van der Waals surface area contributed by atoms with Crippen LogP contribution in [0, 0.1) is 11.7 Å². The molecule has 1 heterocycles. The molecule has 0 aromatic heterocycles. The minimum Gasteiger partial charge on any atom is -0.462 e. The number of rotatable bonds is 7. The van der Waals surface area contributed by atoms with Crippen LogP contribution in [0.25, 0.3) is 0 Å². The molecule has 1 fully saturated rings. The van der Waals surface area contributed by atoms with Crippen molar-refractivity contribution in [3.63, 3.8) is 0 Å². The van der Waals surface area contributed by atoms with Gasteiger partial charge in [0, 0.05) is 18.3 Å². The molecule has 1 aliphatic heterocycles. The quantitative estimate of drug-likeness (QED) is 0.605. The maximum atomic E-state index is 13.1. The number of halogens is 1. The Kier molecular flexibility index (Phi) is 7.79. The number of urea groups is 1. The summed E-state index contributed by atoms with van der Waals surface area (Å²) in [6, 6.07) is 13.2. The molecular formula is C23H28FN3O3. The summed E-state index contributed by atoms with van der Waals surface area (Å²) >= 11 is 0. The van der Waals surface area contributed by atoms with Crippen LogP contribution >= 0.6 is 0 Å². The van der Waals surface area contributed by atoms with Gasteiger partial charge in [0.25, 0.3) is 0 Å². The van der Waals surface area contributed by atoms with Crippen LogP contribution in [-0.4, -0.2) is 37.7 Å². The van der Waals surface area contributed by atoms with Crippen LogP contribution in [0.1, 0.15) is 35.7 Å². The fraction of sp³-hybridized carbons (Fsp3) is 0.391. The maximum Gasteiger partial charge on any atom is 0.338 e. The predicted molar refractivity (Wildman–Crippen MR) is 114 cm³/mol. The van der Waals surface area contributed by atoms with Gasteiger partial charge in [0.05, 0.1) is 12.2 Å². The summed E-state index contributed by atoms with van der Waals surface area (Å²) in [5.74, 6) is -0.141. The first-order valence-corrected chi connectivity index (χ1v) is 10.3. The van der Waals surface area contributed by atoms with E-state index >= 15 is 0 Å². The van der Waals surface area contributed by atoms with Crippen LogP contribution in [0.3, 0.4) is 0 Å². The Morgan fingerprint density at radius 2 is 2.00 bits per heavy atom. The molecule has 0 radical (unpaired) electrons. The molecular weight excluding hydrogens is 385 g/mol. The average Bonchev–Trinajstić information content (AvgIpc) is 2.75. The van der Waals surface area contributed by atoms with Crippen LogP contribution in [0.5, 0.6) is 0 Å². The number of esters is 1. The number of anilines is 1. The first-order chi connectivity index (χ1) is 14.5. The van der Waals surface area contributed by atoms with Crippen molar-refractivity contribution in [2.24, 2.45) is 5.92 Å². The first kappa shape index (κ1) is 21.8. The average molecular weight is 413 g/mol. The monoisotopic (exact) mass is 413 g/mol. The minimum atomic E-state index is -0.417. The summed E-state index contributed by atoms with van der Waals surface area (Å²) < 4.78 is 18.1. The second kappa shape index (κ2) is 10.7. The Morgan fingerprint density at radius 1 is 1.20 bits per heavy atom. The zero-order valence-electron chi connectivity index (χ0n) is 17.1. The van der Waals surface area contributed by atoms with E-state index in [2.05, 4.69) is 16.0 Å². The van der Waals surface area contributed by atoms with E-state index in [1.54, 1.807) is 31.2 Å². The number of hydrogen-bond donors (Lipinski definition) is 3. The van der Waals surface area contributed by atoms with Gasteiger partial charge in [-0.05, 0) is 74.5 Å². The van der Waals surface area contributed by atoms with Crippen molar-refractivity contribution in [3.8, 4) is 0 Å². The van der Waals surface area contributed by atoms with E-state index in [4.69, 9.17) is 4.74 Å². The van der Waals surface area contributed by atoms with Gasteiger partial charge in [-0.3, -0.25) is 0 Å². The molecule has 1 aliphatic rings. The van der Waals surface area contributed by atoms with Gasteiger partial charge in [-0.1, -0.05) is 18.2 Å². The molecule has 2 atom stereocenters. The fourth-order valence-corrected chi connectivity index (χ4v) is 3.72. The summed E-state index contributed by atoms with van der Waals surface area (Å²) in [4.78, 5) is 24.1. The lowest BCUT2D eigenvalue weighted by Gasteiger charge is -2.30. The SMILES string of the molecule is CCOC(=O)c1cccc(NC(=O)NC[C@H]2C[C@@H](Cc3ccc(F)cc3)CCN2)c1. The van der Waals surface area contributed by atoms with Gasteiger partial charge < -0.3 is 20.7 Å². The standard InChI is InChI=1S/C23H28FN3O3/c1-2-30-22(28)18-4-3-5-20(14-18)27-23(29)26-15-21-13-17(10-11-25-21)12-16-6-8-19(24)9-7-16/h3-9,14,17,21,25H,2,10-13,15H2,1H3,(H2,26,27,29)/t17-,21-/m1/s1. The zero-order chi connectivity index (χ0) is 21.3. The third-order valence-electron chi connectivity index (χ3n) is 5.18. The lowest BCUT2D eigenvalue weighted by atomic mass is 9.87. The van der Waals surface area contributed by atoms with E-state index in [1.807, 2.05) is 12.1 Å². The molecule has 3 rings (SSSR count). The number of carbonyl (C=O) groups excluding carboxylic acids is 2. The molecule has 6 nitrogen and oxygen atoms in total. The number of carbonyl (C=O) groups is 2. The summed E-state index contributed by atoms with van der Waals surface area (Å²) in [5, 5.41) is 9.08. The van der Waals surface area contributed by atoms with E-state index in [1.165, 1.54) is 12.1 Å². The fourth-order valence-electron chi connectivity index (χ4n) is 3.72. The smallest absolute Gasteiger partial charge is 0.338 e. The van der Waals surface area contributed by atoms with Crippen LogP contribution in [0.4, 0.5) is 14.9 Å². The van der Waals surface area contributed by atoms with Crippen molar-refractivity contribution in [2.75, 3.05) is 25.0 Å². The molecule has 1 saturated heterocycles. The third-order valence-corrected chi connectivity index (χ3v) is 5.18. The topological polar surface area (TPSA) is 79.5 Å². The zero-order valence-corrected chi connectivity index (χ0v) is 17.1. The predicted octanol–water partition coefficient (Wildman–Crippen LogP) is 3.73. The Bertz CT molecular complexity index is 857. The number of hydrogen-bond acceptors (Lipinski definition) is 4. The second-order valence-electron chi connectivity index (χ2n) is 7.51. The highest BCUT2D eigenvalue weighted by atomic mass is 19.1. The first-order valence-electron chi connectivity index (χ1n) is 10.3. The van der Waals surface area contributed by atoms with Crippen molar-refractivity contribution in [1.82, 2.24) is 10.6 Å². The second-order valence-corrected chi connectivity index (χ2v) is 7.51. The van der Waals surface area contributed by atoms with Crippen molar-refractivity contribution >= 4 is 17.7 Å². The van der Waals surface area contributed by atoms with Gasteiger partial charge in [0.1, 0.15) is 5.82 Å². The number of ether oxygens (including phenoxy) is 1. The Labute approximate surface area is 176 Å². The van der Waals surface area contributed by atoms with E-state index in [-0.39, 0.29) is 17.9 Å². The maximum absolute atomic E-state index is 13.1. The Hall–Kier alpha value is -2.93. The van der Waals surface area contributed by atoms with E-state index in [9.17, 15) is 14.0 Å². The van der Waals surface area contributed by atoms with Crippen LogP contribution in [-0.2, 0) is 11.2 Å². The molecule has 3 N–H and O–H groups in total. The normalized spacial score (nSPS) is 18.5. The van der Waals surface area contributed by atoms with E-state index in [0.717, 1.165) is 31.4 Å². The van der Waals surface area contributed by atoms with Gasteiger partial charge in [-0.15, -0.1) is 0 Å². The molecule has 0 saturated carbocycles. The largest absolute Gasteiger partial charge is 0.462 e. The molecule has 7 heteroatoms. The molecule has 2 amide bonds. The highest BCUT2D eigenvalue weighted by Gasteiger charge is 2.22. The third kappa shape index (κ3) is 6.56. The van der Waals surface area contributed by atoms with Gasteiger partial charge in [0.2, 0.25) is 0 Å². The molecule has 0 spiro atoms. The Balaban J connectivity index is 1.45. The highest BCUT2D eigenvalue weighted by molar-refractivity contribution is 5.93. The number of benzene rings is 2. The summed E-state index contributed by atoms with van der Waals surface area (Å²) in [6.07, 6.45) is 2.90. The van der Waals surface area contributed by atoms with Crippen molar-refractivity contribution in [3.05, 3.63) is 65.5 Å². The molecule has 0 unspecified atom stereocenters. The Morgan fingerprint density at radius 3 is 2.77 bits per heavy atom.